The minimum absolute atomic E-state index is 0.0721. The number of carbonyl (C=O) groups is 1. The lowest BCUT2D eigenvalue weighted by molar-refractivity contribution is -0.182. The van der Waals surface area contributed by atoms with E-state index in [0.29, 0.717) is 18.5 Å². The number of fused-ring (bicyclic) bond motifs is 1. The van der Waals surface area contributed by atoms with Crippen LogP contribution in [0.15, 0.2) is 42.5 Å². The van der Waals surface area contributed by atoms with Crippen LogP contribution in [0.2, 0.25) is 0 Å². The number of carbonyl (C=O) groups excluding carboxylic acids is 1. The second-order valence-corrected chi connectivity index (χ2v) is 6.22. The highest BCUT2D eigenvalue weighted by Crippen LogP contribution is 2.37. The highest BCUT2D eigenvalue weighted by Gasteiger charge is 2.41. The molecule has 0 aromatic heterocycles. The summed E-state index contributed by atoms with van der Waals surface area (Å²) in [6.45, 7) is 0. The monoisotopic (exact) mass is 336 g/mol. The van der Waals surface area contributed by atoms with E-state index in [4.69, 9.17) is 0 Å². The van der Waals surface area contributed by atoms with Crippen LogP contribution < -0.4 is 10.6 Å². The highest BCUT2D eigenvalue weighted by molar-refractivity contribution is 6.01. The van der Waals surface area contributed by atoms with E-state index in [2.05, 4.69) is 10.6 Å². The van der Waals surface area contributed by atoms with Crippen LogP contribution in [0.5, 0.6) is 0 Å². The Morgan fingerprint density at radius 2 is 1.62 bits per heavy atom. The average Bonchev–Trinajstić information content (AvgIpc) is 2.55. The van der Waals surface area contributed by atoms with E-state index in [9.17, 15) is 18.0 Å². The van der Waals surface area contributed by atoms with E-state index in [1.165, 1.54) is 0 Å². The van der Waals surface area contributed by atoms with Crippen LogP contribution in [0.4, 0.5) is 23.7 Å². The maximum Gasteiger partial charge on any atom is 0.391 e. The molecule has 0 spiro atoms. The molecule has 2 aromatic carbocycles. The van der Waals surface area contributed by atoms with E-state index < -0.39 is 12.1 Å². The summed E-state index contributed by atoms with van der Waals surface area (Å²) in [5, 5.41) is 7.53. The molecule has 0 aliphatic heterocycles. The molecule has 1 aliphatic carbocycles. The summed E-state index contributed by atoms with van der Waals surface area (Å²) in [7, 11) is 0. The van der Waals surface area contributed by atoms with Crippen molar-refractivity contribution in [3.63, 3.8) is 0 Å². The molecule has 128 valence electrons. The van der Waals surface area contributed by atoms with Crippen molar-refractivity contribution in [1.29, 1.82) is 0 Å². The summed E-state index contributed by atoms with van der Waals surface area (Å²) < 4.78 is 38.0. The van der Waals surface area contributed by atoms with Crippen LogP contribution >= 0.6 is 0 Å². The minimum atomic E-state index is -4.13. The highest BCUT2D eigenvalue weighted by atomic mass is 19.4. The Balaban J connectivity index is 1.58. The number of benzene rings is 2. The molecule has 24 heavy (non-hydrogen) atoms. The van der Waals surface area contributed by atoms with Gasteiger partial charge in [0, 0.05) is 11.4 Å². The lowest BCUT2D eigenvalue weighted by atomic mass is 9.86. The fraction of sp³-hybridized carbons (Fsp3) is 0.389. The third kappa shape index (κ3) is 3.80. The predicted octanol–water partition coefficient (Wildman–Crippen LogP) is 5.08. The first kappa shape index (κ1) is 16.6. The quantitative estimate of drug-likeness (QED) is 0.789. The first-order valence-corrected chi connectivity index (χ1v) is 8.05. The van der Waals surface area contributed by atoms with E-state index in [1.807, 2.05) is 42.5 Å². The zero-order chi connectivity index (χ0) is 17.2. The topological polar surface area (TPSA) is 41.1 Å². The van der Waals surface area contributed by atoms with E-state index >= 15 is 0 Å². The van der Waals surface area contributed by atoms with Crippen molar-refractivity contribution in [3.8, 4) is 0 Å². The molecule has 0 bridgehead atoms. The van der Waals surface area contributed by atoms with Crippen LogP contribution in [0.25, 0.3) is 10.8 Å². The van der Waals surface area contributed by atoms with Crippen molar-refractivity contribution in [1.82, 2.24) is 5.32 Å². The molecule has 0 radical (unpaired) electrons. The van der Waals surface area contributed by atoms with Crippen molar-refractivity contribution < 1.29 is 18.0 Å². The standard InChI is InChI=1S/C18H19F3N2O/c19-18(20,21)13-8-10-14(11-9-13)22-17(24)23-16-7-3-5-12-4-1-2-6-15(12)16/h1-7,13-14H,8-11H2,(H2,22,23,24). The maximum atomic E-state index is 12.7. The second kappa shape index (κ2) is 6.71. The van der Waals surface area contributed by atoms with E-state index in [-0.39, 0.29) is 24.9 Å². The van der Waals surface area contributed by atoms with Gasteiger partial charge in [-0.25, -0.2) is 4.79 Å². The number of hydrogen-bond acceptors (Lipinski definition) is 1. The fourth-order valence-electron chi connectivity index (χ4n) is 3.24. The van der Waals surface area contributed by atoms with Gasteiger partial charge in [-0.15, -0.1) is 0 Å². The van der Waals surface area contributed by atoms with Gasteiger partial charge in [-0.05, 0) is 37.1 Å². The smallest absolute Gasteiger partial charge is 0.335 e. The first-order chi connectivity index (χ1) is 11.4. The largest absolute Gasteiger partial charge is 0.391 e. The molecule has 0 saturated heterocycles. The molecule has 2 aromatic rings. The van der Waals surface area contributed by atoms with Gasteiger partial charge in [-0.1, -0.05) is 36.4 Å². The molecule has 3 rings (SSSR count). The summed E-state index contributed by atoms with van der Waals surface area (Å²) in [4.78, 5) is 12.2. The summed E-state index contributed by atoms with van der Waals surface area (Å²) in [5.74, 6) is -1.24. The number of halogens is 3. The fourth-order valence-corrected chi connectivity index (χ4v) is 3.24. The van der Waals surface area contributed by atoms with Crippen molar-refractivity contribution in [3.05, 3.63) is 42.5 Å². The summed E-state index contributed by atoms with van der Waals surface area (Å²) in [6.07, 6.45) is -3.28. The van der Waals surface area contributed by atoms with Crippen LogP contribution in [0.3, 0.4) is 0 Å². The number of rotatable bonds is 2. The van der Waals surface area contributed by atoms with Crippen LogP contribution in [-0.2, 0) is 0 Å². The van der Waals surface area contributed by atoms with Crippen molar-refractivity contribution in [2.45, 2.75) is 37.9 Å². The van der Waals surface area contributed by atoms with Crippen LogP contribution in [0, 0.1) is 5.92 Å². The predicted molar refractivity (Wildman–Crippen MR) is 87.9 cm³/mol. The lowest BCUT2D eigenvalue weighted by Gasteiger charge is -2.30. The zero-order valence-corrected chi connectivity index (χ0v) is 13.1. The number of anilines is 1. The number of amides is 2. The van der Waals surface area contributed by atoms with Crippen LogP contribution in [-0.4, -0.2) is 18.2 Å². The number of alkyl halides is 3. The van der Waals surface area contributed by atoms with Gasteiger partial charge in [0.2, 0.25) is 0 Å². The van der Waals surface area contributed by atoms with Gasteiger partial charge in [0.1, 0.15) is 0 Å². The van der Waals surface area contributed by atoms with Gasteiger partial charge in [0.05, 0.1) is 11.6 Å². The Hall–Kier alpha value is -2.24. The van der Waals surface area contributed by atoms with Crippen molar-refractivity contribution in [2.24, 2.45) is 5.92 Å². The Bertz CT molecular complexity index is 716. The zero-order valence-electron chi connectivity index (χ0n) is 13.1. The van der Waals surface area contributed by atoms with E-state index in [0.717, 1.165) is 10.8 Å². The van der Waals surface area contributed by atoms with Gasteiger partial charge >= 0.3 is 12.2 Å². The SMILES string of the molecule is O=C(Nc1cccc2ccccc12)NC1CCC(C(F)(F)F)CC1. The number of hydrogen-bond donors (Lipinski definition) is 2. The third-order valence-corrected chi connectivity index (χ3v) is 4.56. The molecular formula is C18H19F3N2O. The number of nitrogens with one attached hydrogen (secondary N) is 2. The van der Waals surface area contributed by atoms with Crippen molar-refractivity contribution >= 4 is 22.5 Å². The molecule has 1 saturated carbocycles. The summed E-state index contributed by atoms with van der Waals surface area (Å²) in [5.41, 5.74) is 0.689. The summed E-state index contributed by atoms with van der Waals surface area (Å²) >= 11 is 0. The molecule has 1 aliphatic rings. The Kier molecular flexibility index (Phi) is 4.64. The normalized spacial score (nSPS) is 21.5. The maximum absolute atomic E-state index is 12.7. The van der Waals surface area contributed by atoms with Gasteiger partial charge in [0.25, 0.3) is 0 Å². The second-order valence-electron chi connectivity index (χ2n) is 6.22. The lowest BCUT2D eigenvalue weighted by Crippen LogP contribution is -2.41. The molecular weight excluding hydrogens is 317 g/mol. The molecule has 2 amide bonds. The van der Waals surface area contributed by atoms with Crippen LogP contribution in [0.1, 0.15) is 25.7 Å². The Morgan fingerprint density at radius 1 is 0.958 bits per heavy atom. The van der Waals surface area contributed by atoms with Gasteiger partial charge < -0.3 is 10.6 Å². The molecule has 0 heterocycles. The molecule has 2 N–H and O–H groups in total. The molecule has 1 fully saturated rings. The first-order valence-electron chi connectivity index (χ1n) is 8.05. The third-order valence-electron chi connectivity index (χ3n) is 4.56. The Morgan fingerprint density at radius 3 is 2.33 bits per heavy atom. The molecule has 3 nitrogen and oxygen atoms in total. The average molecular weight is 336 g/mol. The molecule has 0 unspecified atom stereocenters. The molecule has 6 heteroatoms. The van der Waals surface area contributed by atoms with Gasteiger partial charge in [-0.2, -0.15) is 13.2 Å². The minimum Gasteiger partial charge on any atom is -0.335 e. The van der Waals surface area contributed by atoms with Gasteiger partial charge in [0.15, 0.2) is 0 Å². The van der Waals surface area contributed by atoms with Crippen molar-refractivity contribution in [2.75, 3.05) is 5.32 Å². The summed E-state index contributed by atoms with van der Waals surface area (Å²) in [6, 6.07) is 12.7. The number of urea groups is 1. The Labute approximate surface area is 138 Å². The molecule has 0 atom stereocenters. The van der Waals surface area contributed by atoms with Gasteiger partial charge in [-0.3, -0.25) is 0 Å². The van der Waals surface area contributed by atoms with E-state index in [1.54, 1.807) is 0 Å².